The molecule has 0 bridgehead atoms. The number of rotatable bonds is 4. The average Bonchev–Trinajstić information content (AvgIpc) is 3.37. The highest BCUT2D eigenvalue weighted by atomic mass is 35.5. The third-order valence-corrected chi connectivity index (χ3v) is 5.09. The van der Waals surface area contributed by atoms with Crippen LogP contribution in [0.5, 0.6) is 5.75 Å². The molecule has 1 aliphatic heterocycles. The molecule has 0 N–H and O–H groups in total. The fourth-order valence-corrected chi connectivity index (χ4v) is 3.67. The molecule has 1 aliphatic rings. The molecule has 0 unspecified atom stereocenters. The summed E-state index contributed by atoms with van der Waals surface area (Å²) < 4.78 is 10.6. The number of hydrogen-bond donors (Lipinski definition) is 0. The molecule has 6 heteroatoms. The molecule has 1 aromatic heterocycles. The number of likely N-dealkylation sites (tertiary alicyclic amines) is 1. The minimum absolute atomic E-state index is 0.0368. The molecule has 1 fully saturated rings. The van der Waals surface area contributed by atoms with Gasteiger partial charge in [0.25, 0.3) is 5.91 Å². The summed E-state index contributed by atoms with van der Waals surface area (Å²) in [5, 5.41) is 4.60. The maximum atomic E-state index is 13.0. The quantitative estimate of drug-likeness (QED) is 0.638. The third-order valence-electron chi connectivity index (χ3n) is 4.85. The van der Waals surface area contributed by atoms with E-state index in [0.717, 1.165) is 29.7 Å². The molecule has 3 aromatic rings. The van der Waals surface area contributed by atoms with Crippen molar-refractivity contribution in [3.63, 3.8) is 0 Å². The van der Waals surface area contributed by atoms with Gasteiger partial charge in [0.1, 0.15) is 5.75 Å². The van der Waals surface area contributed by atoms with E-state index in [0.29, 0.717) is 23.0 Å². The van der Waals surface area contributed by atoms with Crippen molar-refractivity contribution in [1.82, 2.24) is 10.1 Å². The lowest BCUT2D eigenvalue weighted by atomic mass is 10.0. The number of aromatic nitrogens is 1. The summed E-state index contributed by atoms with van der Waals surface area (Å²) >= 11 is 6.03. The Morgan fingerprint density at radius 2 is 2.04 bits per heavy atom. The molecule has 0 saturated carbocycles. The van der Waals surface area contributed by atoms with Crippen LogP contribution in [-0.4, -0.2) is 29.6 Å². The Morgan fingerprint density at radius 1 is 1.22 bits per heavy atom. The van der Waals surface area contributed by atoms with E-state index in [1.54, 1.807) is 25.3 Å². The lowest BCUT2D eigenvalue weighted by Gasteiger charge is -2.24. The standard InChI is InChI=1S/C21H19ClN2O3/c1-26-17-9-7-14(8-10-17)19-6-3-11-24(19)21(25)18-13-20(27-23-18)15-4-2-5-16(22)12-15/h2,4-5,7-10,12-13,19H,3,6,11H2,1H3/t19-/m1/s1. The molecule has 0 radical (unpaired) electrons. The average molecular weight is 383 g/mol. The molecule has 2 aromatic carbocycles. The van der Waals surface area contributed by atoms with Gasteiger partial charge in [-0.05, 0) is 42.7 Å². The molecule has 4 rings (SSSR count). The fraction of sp³-hybridized carbons (Fsp3) is 0.238. The van der Waals surface area contributed by atoms with Crippen LogP contribution in [0.3, 0.4) is 0 Å². The van der Waals surface area contributed by atoms with E-state index in [1.807, 2.05) is 41.3 Å². The molecule has 2 heterocycles. The summed E-state index contributed by atoms with van der Waals surface area (Å²) in [5.74, 6) is 1.21. The monoisotopic (exact) mass is 382 g/mol. The first-order chi connectivity index (χ1) is 13.2. The van der Waals surface area contributed by atoms with Crippen molar-refractivity contribution < 1.29 is 14.1 Å². The first-order valence-corrected chi connectivity index (χ1v) is 9.21. The molecule has 1 amide bonds. The van der Waals surface area contributed by atoms with E-state index in [4.69, 9.17) is 20.9 Å². The van der Waals surface area contributed by atoms with Crippen LogP contribution >= 0.6 is 11.6 Å². The van der Waals surface area contributed by atoms with Crippen molar-refractivity contribution in [3.8, 4) is 17.1 Å². The van der Waals surface area contributed by atoms with E-state index in [-0.39, 0.29) is 11.9 Å². The second-order valence-corrected chi connectivity index (χ2v) is 6.95. The van der Waals surface area contributed by atoms with Crippen LogP contribution in [0.15, 0.2) is 59.1 Å². The SMILES string of the molecule is COc1ccc([C@H]2CCCN2C(=O)c2cc(-c3cccc(Cl)c3)on2)cc1. The topological polar surface area (TPSA) is 55.6 Å². The Morgan fingerprint density at radius 3 is 2.78 bits per heavy atom. The van der Waals surface area contributed by atoms with E-state index >= 15 is 0 Å². The second kappa shape index (κ2) is 7.45. The van der Waals surface area contributed by atoms with E-state index < -0.39 is 0 Å². The van der Waals surface area contributed by atoms with Crippen LogP contribution < -0.4 is 4.74 Å². The second-order valence-electron chi connectivity index (χ2n) is 6.52. The van der Waals surface area contributed by atoms with Crippen LogP contribution in [-0.2, 0) is 0 Å². The highest BCUT2D eigenvalue weighted by Crippen LogP contribution is 2.34. The summed E-state index contributed by atoms with van der Waals surface area (Å²) in [6.07, 6.45) is 1.89. The zero-order chi connectivity index (χ0) is 18.8. The van der Waals surface area contributed by atoms with Crippen molar-refractivity contribution in [2.45, 2.75) is 18.9 Å². The van der Waals surface area contributed by atoms with Crippen molar-refractivity contribution >= 4 is 17.5 Å². The summed E-state index contributed by atoms with van der Waals surface area (Å²) in [4.78, 5) is 14.9. The highest BCUT2D eigenvalue weighted by Gasteiger charge is 2.32. The van der Waals surface area contributed by atoms with Crippen molar-refractivity contribution in [1.29, 1.82) is 0 Å². The van der Waals surface area contributed by atoms with Gasteiger partial charge in [0.05, 0.1) is 13.2 Å². The van der Waals surface area contributed by atoms with Crippen molar-refractivity contribution in [2.24, 2.45) is 0 Å². The van der Waals surface area contributed by atoms with Gasteiger partial charge in [0, 0.05) is 23.2 Å². The summed E-state index contributed by atoms with van der Waals surface area (Å²) in [6, 6.07) is 16.9. The molecule has 27 heavy (non-hydrogen) atoms. The summed E-state index contributed by atoms with van der Waals surface area (Å²) in [5.41, 5.74) is 2.20. The molecule has 5 nitrogen and oxygen atoms in total. The molecule has 0 spiro atoms. The number of ether oxygens (including phenoxy) is 1. The van der Waals surface area contributed by atoms with E-state index in [1.165, 1.54) is 0 Å². The third kappa shape index (κ3) is 3.55. The Labute approximate surface area is 162 Å². The van der Waals surface area contributed by atoms with Gasteiger partial charge in [-0.15, -0.1) is 0 Å². The predicted octanol–water partition coefficient (Wildman–Crippen LogP) is 4.98. The number of amides is 1. The summed E-state index contributed by atoms with van der Waals surface area (Å²) in [7, 11) is 1.64. The van der Waals surface area contributed by atoms with Gasteiger partial charge in [-0.1, -0.05) is 41.0 Å². The van der Waals surface area contributed by atoms with Crippen molar-refractivity contribution in [3.05, 3.63) is 70.9 Å². The zero-order valence-electron chi connectivity index (χ0n) is 14.9. The Balaban J connectivity index is 1.56. The number of benzene rings is 2. The summed E-state index contributed by atoms with van der Waals surface area (Å²) in [6.45, 7) is 0.703. The highest BCUT2D eigenvalue weighted by molar-refractivity contribution is 6.30. The molecule has 0 aliphatic carbocycles. The van der Waals surface area contributed by atoms with Gasteiger partial charge in [-0.25, -0.2) is 0 Å². The minimum atomic E-state index is -0.120. The van der Waals surface area contributed by atoms with Gasteiger partial charge in [-0.2, -0.15) is 0 Å². The molecule has 1 saturated heterocycles. The largest absolute Gasteiger partial charge is 0.497 e. The van der Waals surface area contributed by atoms with Gasteiger partial charge >= 0.3 is 0 Å². The molecular weight excluding hydrogens is 364 g/mol. The van der Waals surface area contributed by atoms with Gasteiger partial charge in [0.2, 0.25) is 0 Å². The lowest BCUT2D eigenvalue weighted by molar-refractivity contribution is 0.0725. The van der Waals surface area contributed by atoms with Gasteiger partial charge in [-0.3, -0.25) is 4.79 Å². The molecular formula is C21H19ClN2O3. The van der Waals surface area contributed by atoms with Crippen molar-refractivity contribution in [2.75, 3.05) is 13.7 Å². The van der Waals surface area contributed by atoms with Gasteiger partial charge < -0.3 is 14.2 Å². The van der Waals surface area contributed by atoms with E-state index in [9.17, 15) is 4.79 Å². The zero-order valence-corrected chi connectivity index (χ0v) is 15.6. The number of nitrogens with zero attached hydrogens (tertiary/aromatic N) is 2. The fourth-order valence-electron chi connectivity index (χ4n) is 3.48. The maximum absolute atomic E-state index is 13.0. The Bertz CT molecular complexity index is 952. The minimum Gasteiger partial charge on any atom is -0.497 e. The number of methoxy groups -OCH3 is 1. The van der Waals surface area contributed by atoms with Crippen LogP contribution in [0.4, 0.5) is 0 Å². The number of carbonyl (C=O) groups is 1. The number of carbonyl (C=O) groups excluding carboxylic acids is 1. The molecule has 138 valence electrons. The van der Waals surface area contributed by atoms with Crippen LogP contribution in [0.2, 0.25) is 5.02 Å². The first kappa shape index (κ1) is 17.6. The van der Waals surface area contributed by atoms with Crippen LogP contribution in [0.25, 0.3) is 11.3 Å². The van der Waals surface area contributed by atoms with Crippen LogP contribution in [0, 0.1) is 0 Å². The van der Waals surface area contributed by atoms with Gasteiger partial charge in [0.15, 0.2) is 11.5 Å². The normalized spacial score (nSPS) is 16.5. The smallest absolute Gasteiger partial charge is 0.276 e. The first-order valence-electron chi connectivity index (χ1n) is 8.83. The molecule has 1 atom stereocenters. The Hall–Kier alpha value is -2.79. The Kier molecular flexibility index (Phi) is 4.86. The maximum Gasteiger partial charge on any atom is 0.276 e. The predicted molar refractivity (Wildman–Crippen MR) is 103 cm³/mol. The van der Waals surface area contributed by atoms with E-state index in [2.05, 4.69) is 5.16 Å². The lowest BCUT2D eigenvalue weighted by Crippen LogP contribution is -2.30. The van der Waals surface area contributed by atoms with Crippen LogP contribution in [0.1, 0.15) is 34.9 Å². The number of hydrogen-bond acceptors (Lipinski definition) is 4. The number of halogens is 1.